The van der Waals surface area contributed by atoms with Gasteiger partial charge in [0.1, 0.15) is 5.82 Å². The third kappa shape index (κ3) is 4.42. The molecular weight excluding hydrogens is 421 g/mol. The number of alkyl halides is 3. The lowest BCUT2D eigenvalue weighted by atomic mass is 9.95. The van der Waals surface area contributed by atoms with Gasteiger partial charge in [-0.1, -0.05) is 25.3 Å². The standard InChI is InChI=1S/C23H29F3N4O2/c1-2-29-20(16-21(31)30(22(29)32)18-8-4-3-5-9-18)28-13-11-27(12-14-28)19-10-6-7-17(15-19)23(24,25)26/h6-7,10,15-16,18H,2-5,8-9,11-14H2,1H3. The third-order valence-electron chi connectivity index (χ3n) is 6.60. The van der Waals surface area contributed by atoms with Gasteiger partial charge in [0.2, 0.25) is 0 Å². The van der Waals surface area contributed by atoms with Gasteiger partial charge in [-0.05, 0) is 38.0 Å². The Hall–Kier alpha value is -2.71. The van der Waals surface area contributed by atoms with Crippen LogP contribution in [0.3, 0.4) is 0 Å². The number of benzene rings is 1. The van der Waals surface area contributed by atoms with Crippen molar-refractivity contribution in [3.05, 3.63) is 56.7 Å². The van der Waals surface area contributed by atoms with Gasteiger partial charge in [-0.2, -0.15) is 13.2 Å². The highest BCUT2D eigenvalue weighted by Gasteiger charge is 2.31. The summed E-state index contributed by atoms with van der Waals surface area (Å²) in [6.45, 7) is 4.38. The quantitative estimate of drug-likeness (QED) is 0.710. The Morgan fingerprint density at radius 1 is 0.938 bits per heavy atom. The maximum absolute atomic E-state index is 13.2. The molecule has 9 heteroatoms. The van der Waals surface area contributed by atoms with Crippen molar-refractivity contribution in [2.24, 2.45) is 0 Å². The second kappa shape index (κ2) is 9.03. The maximum Gasteiger partial charge on any atom is 0.416 e. The molecule has 4 rings (SSSR count). The number of hydrogen-bond donors (Lipinski definition) is 0. The molecule has 0 unspecified atom stereocenters. The van der Waals surface area contributed by atoms with Crippen LogP contribution in [0.4, 0.5) is 24.7 Å². The molecule has 1 aromatic carbocycles. The van der Waals surface area contributed by atoms with Crippen molar-refractivity contribution in [3.8, 4) is 0 Å². The molecule has 0 atom stereocenters. The van der Waals surface area contributed by atoms with Gasteiger partial charge in [-0.3, -0.25) is 13.9 Å². The maximum atomic E-state index is 13.2. The Balaban J connectivity index is 1.55. The lowest BCUT2D eigenvalue weighted by Gasteiger charge is -2.38. The summed E-state index contributed by atoms with van der Waals surface area (Å²) >= 11 is 0. The summed E-state index contributed by atoms with van der Waals surface area (Å²) < 4.78 is 42.2. The monoisotopic (exact) mass is 450 g/mol. The van der Waals surface area contributed by atoms with E-state index in [1.54, 1.807) is 16.7 Å². The molecule has 6 nitrogen and oxygen atoms in total. The van der Waals surface area contributed by atoms with Gasteiger partial charge in [0, 0.05) is 50.5 Å². The largest absolute Gasteiger partial charge is 0.416 e. The summed E-state index contributed by atoms with van der Waals surface area (Å²) in [4.78, 5) is 30.0. The van der Waals surface area contributed by atoms with Crippen LogP contribution in [0, 0.1) is 0 Å². The fourth-order valence-corrected chi connectivity index (χ4v) is 4.89. The molecule has 1 saturated heterocycles. The number of halogens is 3. The topological polar surface area (TPSA) is 50.5 Å². The highest BCUT2D eigenvalue weighted by Crippen LogP contribution is 2.32. The van der Waals surface area contributed by atoms with E-state index in [4.69, 9.17) is 0 Å². The van der Waals surface area contributed by atoms with Crippen molar-refractivity contribution in [2.45, 2.75) is 57.8 Å². The lowest BCUT2D eigenvalue weighted by Crippen LogP contribution is -2.50. The van der Waals surface area contributed by atoms with Gasteiger partial charge in [-0.25, -0.2) is 4.79 Å². The van der Waals surface area contributed by atoms with Crippen LogP contribution >= 0.6 is 0 Å². The number of hydrogen-bond acceptors (Lipinski definition) is 4. The van der Waals surface area contributed by atoms with E-state index < -0.39 is 11.7 Å². The number of anilines is 2. The van der Waals surface area contributed by atoms with E-state index >= 15 is 0 Å². The molecule has 2 fully saturated rings. The van der Waals surface area contributed by atoms with Crippen LogP contribution < -0.4 is 21.0 Å². The summed E-state index contributed by atoms with van der Waals surface area (Å²) in [5.41, 5.74) is -0.659. The molecule has 0 bridgehead atoms. The van der Waals surface area contributed by atoms with E-state index in [2.05, 4.69) is 0 Å². The highest BCUT2D eigenvalue weighted by molar-refractivity contribution is 5.51. The molecular formula is C23H29F3N4O2. The zero-order chi connectivity index (χ0) is 22.9. The van der Waals surface area contributed by atoms with Crippen LogP contribution in [0.1, 0.15) is 50.6 Å². The van der Waals surface area contributed by atoms with E-state index in [0.29, 0.717) is 44.2 Å². The summed E-state index contributed by atoms with van der Waals surface area (Å²) in [7, 11) is 0. The first kappa shape index (κ1) is 22.5. The second-order valence-electron chi connectivity index (χ2n) is 8.55. The van der Waals surface area contributed by atoms with Crippen LogP contribution in [0.5, 0.6) is 0 Å². The van der Waals surface area contributed by atoms with Crippen molar-refractivity contribution in [1.82, 2.24) is 9.13 Å². The van der Waals surface area contributed by atoms with E-state index in [0.717, 1.165) is 38.2 Å². The predicted octanol–water partition coefficient (Wildman–Crippen LogP) is 3.88. The second-order valence-corrected chi connectivity index (χ2v) is 8.55. The molecule has 2 aliphatic rings. The normalized spacial score (nSPS) is 18.2. The number of aromatic nitrogens is 2. The molecule has 1 aliphatic heterocycles. The molecule has 0 amide bonds. The van der Waals surface area contributed by atoms with Crippen molar-refractivity contribution in [3.63, 3.8) is 0 Å². The van der Waals surface area contributed by atoms with Crippen molar-refractivity contribution >= 4 is 11.5 Å². The van der Waals surface area contributed by atoms with E-state index in [1.807, 2.05) is 16.7 Å². The molecule has 0 radical (unpaired) electrons. The minimum absolute atomic E-state index is 0.0339. The number of rotatable bonds is 4. The molecule has 1 aliphatic carbocycles. The first-order valence-corrected chi connectivity index (χ1v) is 11.3. The average molecular weight is 451 g/mol. The predicted molar refractivity (Wildman–Crippen MR) is 119 cm³/mol. The van der Waals surface area contributed by atoms with Gasteiger partial charge < -0.3 is 9.80 Å². The van der Waals surface area contributed by atoms with Crippen LogP contribution in [0.25, 0.3) is 0 Å². The summed E-state index contributed by atoms with van der Waals surface area (Å²) in [6.07, 6.45) is 0.532. The molecule has 0 spiro atoms. The van der Waals surface area contributed by atoms with Gasteiger partial charge in [0.05, 0.1) is 5.56 Å². The Bertz CT molecular complexity index is 1060. The molecule has 1 aromatic heterocycles. The van der Waals surface area contributed by atoms with Crippen molar-refractivity contribution < 1.29 is 13.2 Å². The van der Waals surface area contributed by atoms with Crippen LogP contribution in [-0.2, 0) is 12.7 Å². The van der Waals surface area contributed by atoms with Gasteiger partial charge >= 0.3 is 11.9 Å². The highest BCUT2D eigenvalue weighted by atomic mass is 19.4. The minimum atomic E-state index is -4.38. The van der Waals surface area contributed by atoms with Crippen LogP contribution in [-0.4, -0.2) is 35.3 Å². The number of nitrogens with zero attached hydrogens (tertiary/aromatic N) is 4. The fraction of sp³-hybridized carbons (Fsp3) is 0.565. The Morgan fingerprint density at radius 3 is 2.22 bits per heavy atom. The molecule has 2 aromatic rings. The lowest BCUT2D eigenvalue weighted by molar-refractivity contribution is -0.137. The summed E-state index contributed by atoms with van der Waals surface area (Å²) in [5.74, 6) is 0.596. The minimum Gasteiger partial charge on any atom is -0.368 e. The number of piperazine rings is 1. The zero-order valence-electron chi connectivity index (χ0n) is 18.3. The van der Waals surface area contributed by atoms with Gasteiger partial charge in [0.25, 0.3) is 5.56 Å². The summed E-state index contributed by atoms with van der Waals surface area (Å²) in [6, 6.07) is 6.86. The van der Waals surface area contributed by atoms with Crippen LogP contribution in [0.15, 0.2) is 39.9 Å². The van der Waals surface area contributed by atoms with Crippen molar-refractivity contribution in [2.75, 3.05) is 36.0 Å². The molecule has 174 valence electrons. The Labute approximate surface area is 184 Å². The van der Waals surface area contributed by atoms with E-state index in [-0.39, 0.29) is 17.3 Å². The van der Waals surface area contributed by atoms with Crippen LogP contribution in [0.2, 0.25) is 0 Å². The Morgan fingerprint density at radius 2 is 1.59 bits per heavy atom. The molecule has 32 heavy (non-hydrogen) atoms. The zero-order valence-corrected chi connectivity index (χ0v) is 18.3. The third-order valence-corrected chi connectivity index (χ3v) is 6.60. The molecule has 1 saturated carbocycles. The van der Waals surface area contributed by atoms with Crippen molar-refractivity contribution in [1.29, 1.82) is 0 Å². The first-order chi connectivity index (χ1) is 15.3. The SMILES string of the molecule is CCn1c(N2CCN(c3cccc(C(F)(F)F)c3)CC2)cc(=O)n(C2CCCCC2)c1=O. The van der Waals surface area contributed by atoms with Gasteiger partial charge in [0.15, 0.2) is 0 Å². The molecule has 2 heterocycles. The Kier molecular flexibility index (Phi) is 6.35. The van der Waals surface area contributed by atoms with Gasteiger partial charge in [-0.15, -0.1) is 0 Å². The molecule has 0 N–H and O–H groups in total. The van der Waals surface area contributed by atoms with E-state index in [1.165, 1.54) is 16.7 Å². The smallest absolute Gasteiger partial charge is 0.368 e. The average Bonchev–Trinajstić information content (AvgIpc) is 2.79. The summed E-state index contributed by atoms with van der Waals surface area (Å²) in [5, 5.41) is 0. The fourth-order valence-electron chi connectivity index (χ4n) is 4.89. The van der Waals surface area contributed by atoms with E-state index in [9.17, 15) is 22.8 Å². The first-order valence-electron chi connectivity index (χ1n) is 11.3.